The molecular formula is C24H31N5O5. The highest BCUT2D eigenvalue weighted by molar-refractivity contribution is 5.55. The van der Waals surface area contributed by atoms with Crippen molar-refractivity contribution in [3.05, 3.63) is 41.9 Å². The lowest BCUT2D eigenvalue weighted by atomic mass is 10.1. The minimum absolute atomic E-state index is 0.0447. The maximum atomic E-state index is 5.67. The molecule has 1 fully saturated rings. The number of likely N-dealkylation sites (tertiary alicyclic amines) is 1. The molecular weight excluding hydrogens is 438 g/mol. The third-order valence-corrected chi connectivity index (χ3v) is 5.83. The van der Waals surface area contributed by atoms with E-state index < -0.39 is 0 Å². The first-order valence-corrected chi connectivity index (χ1v) is 11.2. The molecule has 2 aromatic heterocycles. The average Bonchev–Trinajstić information content (AvgIpc) is 3.53. The van der Waals surface area contributed by atoms with E-state index in [1.54, 1.807) is 34.6 Å². The number of benzene rings is 1. The molecule has 10 heteroatoms. The number of methoxy groups -OCH3 is 4. The van der Waals surface area contributed by atoms with Gasteiger partial charge in [-0.15, -0.1) is 0 Å². The van der Waals surface area contributed by atoms with Crippen LogP contribution in [0.3, 0.4) is 0 Å². The van der Waals surface area contributed by atoms with E-state index in [9.17, 15) is 0 Å². The fraction of sp³-hybridized carbons (Fsp3) is 0.458. The molecule has 0 amide bonds. The first-order valence-electron chi connectivity index (χ1n) is 11.2. The third kappa shape index (κ3) is 5.23. The van der Waals surface area contributed by atoms with Gasteiger partial charge in [-0.2, -0.15) is 4.98 Å². The highest BCUT2D eigenvalue weighted by atomic mass is 16.5. The summed E-state index contributed by atoms with van der Waals surface area (Å²) in [6.07, 6.45) is 3.75. The quantitative estimate of drug-likeness (QED) is 0.419. The molecule has 0 bridgehead atoms. The van der Waals surface area contributed by atoms with Crippen molar-refractivity contribution in [2.45, 2.75) is 25.4 Å². The largest absolute Gasteiger partial charge is 0.493 e. The molecule has 1 aliphatic rings. The summed E-state index contributed by atoms with van der Waals surface area (Å²) >= 11 is 0. The van der Waals surface area contributed by atoms with Gasteiger partial charge in [0.05, 0.1) is 34.0 Å². The SMILES string of the molecule is COCCNc1ccc(-c2noc([C@@H]3CCCN3Cc3cc(OC)c(OC)c(OC)c3)n2)cn1. The van der Waals surface area contributed by atoms with Crippen molar-refractivity contribution in [1.82, 2.24) is 20.0 Å². The smallest absolute Gasteiger partial charge is 0.244 e. The Morgan fingerprint density at radius 1 is 1.09 bits per heavy atom. The lowest BCUT2D eigenvalue weighted by molar-refractivity contribution is 0.200. The lowest BCUT2D eigenvalue weighted by Gasteiger charge is -2.22. The van der Waals surface area contributed by atoms with Gasteiger partial charge in [-0.1, -0.05) is 5.16 Å². The van der Waals surface area contributed by atoms with Gasteiger partial charge in [0, 0.05) is 32.0 Å². The van der Waals surface area contributed by atoms with Crippen LogP contribution in [0, 0.1) is 0 Å². The molecule has 4 rings (SSSR count). The van der Waals surface area contributed by atoms with Gasteiger partial charge in [0.15, 0.2) is 11.5 Å². The average molecular weight is 470 g/mol. The van der Waals surface area contributed by atoms with Gasteiger partial charge in [-0.3, -0.25) is 4.90 Å². The fourth-order valence-electron chi connectivity index (χ4n) is 4.16. The van der Waals surface area contributed by atoms with E-state index in [1.807, 2.05) is 24.3 Å². The summed E-state index contributed by atoms with van der Waals surface area (Å²) in [6.45, 7) is 2.94. The van der Waals surface area contributed by atoms with Crippen molar-refractivity contribution < 1.29 is 23.5 Å². The van der Waals surface area contributed by atoms with Gasteiger partial charge in [0.2, 0.25) is 17.5 Å². The zero-order valence-corrected chi connectivity index (χ0v) is 20.0. The van der Waals surface area contributed by atoms with Crippen molar-refractivity contribution in [3.63, 3.8) is 0 Å². The van der Waals surface area contributed by atoms with Crippen molar-refractivity contribution in [3.8, 4) is 28.6 Å². The predicted octanol–water partition coefficient (Wildman–Crippen LogP) is 3.55. The minimum Gasteiger partial charge on any atom is -0.493 e. The lowest BCUT2D eigenvalue weighted by Crippen LogP contribution is -2.23. The Morgan fingerprint density at radius 2 is 1.88 bits per heavy atom. The van der Waals surface area contributed by atoms with E-state index in [2.05, 4.69) is 25.3 Å². The second-order valence-electron chi connectivity index (χ2n) is 7.97. The number of aromatic nitrogens is 3. The first kappa shape index (κ1) is 23.8. The molecule has 1 N–H and O–H groups in total. The van der Waals surface area contributed by atoms with Crippen LogP contribution in [-0.2, 0) is 11.3 Å². The van der Waals surface area contributed by atoms with Crippen molar-refractivity contribution in [1.29, 1.82) is 0 Å². The highest BCUT2D eigenvalue weighted by Crippen LogP contribution is 2.40. The van der Waals surface area contributed by atoms with E-state index in [0.29, 0.717) is 48.7 Å². The second-order valence-corrected chi connectivity index (χ2v) is 7.97. The molecule has 34 heavy (non-hydrogen) atoms. The summed E-state index contributed by atoms with van der Waals surface area (Å²) < 4.78 is 27.2. The molecule has 10 nitrogen and oxygen atoms in total. The Labute approximate surface area is 199 Å². The van der Waals surface area contributed by atoms with Gasteiger partial charge in [0.1, 0.15) is 5.82 Å². The Bertz CT molecular complexity index is 1050. The number of nitrogens with zero attached hydrogens (tertiary/aromatic N) is 4. The number of pyridine rings is 1. The van der Waals surface area contributed by atoms with E-state index >= 15 is 0 Å². The molecule has 0 unspecified atom stereocenters. The summed E-state index contributed by atoms with van der Waals surface area (Å²) in [5.74, 6) is 3.78. The highest BCUT2D eigenvalue weighted by Gasteiger charge is 2.31. The van der Waals surface area contributed by atoms with Gasteiger partial charge < -0.3 is 28.8 Å². The van der Waals surface area contributed by atoms with Crippen LogP contribution in [0.25, 0.3) is 11.4 Å². The van der Waals surface area contributed by atoms with E-state index in [-0.39, 0.29) is 6.04 Å². The number of hydrogen-bond donors (Lipinski definition) is 1. The summed E-state index contributed by atoms with van der Waals surface area (Å²) in [5.41, 5.74) is 1.86. The van der Waals surface area contributed by atoms with Crippen LogP contribution in [0.1, 0.15) is 30.3 Å². The molecule has 182 valence electrons. The van der Waals surface area contributed by atoms with Crippen LogP contribution in [0.15, 0.2) is 35.0 Å². The molecule has 3 aromatic rings. The van der Waals surface area contributed by atoms with Crippen molar-refractivity contribution >= 4 is 5.82 Å². The van der Waals surface area contributed by atoms with E-state index in [4.69, 9.17) is 23.5 Å². The van der Waals surface area contributed by atoms with Gasteiger partial charge in [0.25, 0.3) is 0 Å². The van der Waals surface area contributed by atoms with E-state index in [1.165, 1.54) is 0 Å². The second kappa shape index (κ2) is 11.2. The van der Waals surface area contributed by atoms with Crippen LogP contribution in [0.2, 0.25) is 0 Å². The minimum atomic E-state index is 0.0447. The van der Waals surface area contributed by atoms with Crippen LogP contribution in [-0.4, -0.2) is 68.2 Å². The predicted molar refractivity (Wildman–Crippen MR) is 126 cm³/mol. The molecule has 1 saturated heterocycles. The number of nitrogens with one attached hydrogen (secondary N) is 1. The van der Waals surface area contributed by atoms with Crippen LogP contribution in [0.5, 0.6) is 17.2 Å². The zero-order chi connectivity index (χ0) is 23.9. The van der Waals surface area contributed by atoms with Crippen molar-refractivity contribution in [2.24, 2.45) is 0 Å². The molecule has 1 atom stereocenters. The Hall–Kier alpha value is -3.37. The van der Waals surface area contributed by atoms with Crippen LogP contribution in [0.4, 0.5) is 5.82 Å². The molecule has 3 heterocycles. The van der Waals surface area contributed by atoms with Gasteiger partial charge in [-0.25, -0.2) is 4.98 Å². The van der Waals surface area contributed by atoms with E-state index in [0.717, 1.165) is 36.3 Å². The fourth-order valence-corrected chi connectivity index (χ4v) is 4.16. The molecule has 1 aliphatic heterocycles. The Balaban J connectivity index is 1.47. The maximum absolute atomic E-state index is 5.67. The maximum Gasteiger partial charge on any atom is 0.244 e. The molecule has 0 spiro atoms. The summed E-state index contributed by atoms with van der Waals surface area (Å²) in [5, 5.41) is 7.40. The molecule has 0 saturated carbocycles. The number of ether oxygens (including phenoxy) is 4. The Kier molecular flexibility index (Phi) is 7.81. The summed E-state index contributed by atoms with van der Waals surface area (Å²) in [4.78, 5) is 11.4. The molecule has 0 aliphatic carbocycles. The van der Waals surface area contributed by atoms with Crippen LogP contribution < -0.4 is 19.5 Å². The molecule has 1 aromatic carbocycles. The normalized spacial score (nSPS) is 15.9. The molecule has 0 radical (unpaired) electrons. The van der Waals surface area contributed by atoms with Gasteiger partial charge >= 0.3 is 0 Å². The summed E-state index contributed by atoms with van der Waals surface area (Å²) in [7, 11) is 6.51. The third-order valence-electron chi connectivity index (χ3n) is 5.83. The monoisotopic (exact) mass is 469 g/mol. The number of anilines is 1. The zero-order valence-electron chi connectivity index (χ0n) is 20.0. The number of rotatable bonds is 11. The van der Waals surface area contributed by atoms with Crippen molar-refractivity contribution in [2.75, 3.05) is 53.5 Å². The summed E-state index contributed by atoms with van der Waals surface area (Å²) in [6, 6.07) is 7.82. The van der Waals surface area contributed by atoms with Crippen LogP contribution >= 0.6 is 0 Å². The number of hydrogen-bond acceptors (Lipinski definition) is 10. The Morgan fingerprint density at radius 3 is 2.53 bits per heavy atom. The topological polar surface area (TPSA) is 104 Å². The first-order chi connectivity index (χ1) is 16.7. The standard InChI is InChI=1S/C24H31N5O5/c1-30-11-9-25-21-8-7-17(14-26-21)23-27-24(34-28-23)18-6-5-10-29(18)15-16-12-19(31-2)22(33-4)20(13-16)32-3/h7-8,12-14,18H,5-6,9-11,15H2,1-4H3,(H,25,26)/t18-/m0/s1. The van der Waals surface area contributed by atoms with Gasteiger partial charge in [-0.05, 0) is 49.2 Å².